The quantitative estimate of drug-likeness (QED) is 0.735. The fourth-order valence-electron chi connectivity index (χ4n) is 2.00. The van der Waals surface area contributed by atoms with Crippen molar-refractivity contribution >= 4 is 5.69 Å². The van der Waals surface area contributed by atoms with Crippen LogP contribution in [0.15, 0.2) is 6.07 Å². The molecule has 1 atom stereocenters. The van der Waals surface area contributed by atoms with Gasteiger partial charge in [0.25, 0.3) is 0 Å². The summed E-state index contributed by atoms with van der Waals surface area (Å²) < 4.78 is 0. The molecular weight excluding hydrogens is 214 g/mol. The molecule has 0 amide bonds. The van der Waals surface area contributed by atoms with Crippen molar-refractivity contribution in [3.05, 3.63) is 28.3 Å². The summed E-state index contributed by atoms with van der Waals surface area (Å²) >= 11 is 0. The summed E-state index contributed by atoms with van der Waals surface area (Å²) in [4.78, 5) is 0. The number of aryl methyl sites for hydroxylation is 2. The molecule has 17 heavy (non-hydrogen) atoms. The molecule has 1 aromatic rings. The number of hydrogen-bond acceptors (Lipinski definition) is 3. The van der Waals surface area contributed by atoms with E-state index >= 15 is 0 Å². The maximum Gasteiger partial charge on any atom is 0.0633 e. The minimum atomic E-state index is -0.0846. The Morgan fingerprint density at radius 2 is 1.59 bits per heavy atom. The van der Waals surface area contributed by atoms with Gasteiger partial charge in [-0.2, -0.15) is 0 Å². The van der Waals surface area contributed by atoms with Crippen LogP contribution in [0.3, 0.4) is 0 Å². The van der Waals surface area contributed by atoms with E-state index in [9.17, 15) is 5.11 Å². The van der Waals surface area contributed by atoms with Crippen LogP contribution in [-0.2, 0) is 0 Å². The van der Waals surface area contributed by atoms with Gasteiger partial charge in [-0.1, -0.05) is 6.07 Å². The SMILES string of the molecule is Cc1cc(C)c(C)c(NC(CO)CCO)c1C. The molecule has 0 radical (unpaired) electrons. The molecular formula is C14H23NO2. The molecule has 3 N–H and O–H groups in total. The number of nitrogens with one attached hydrogen (secondary N) is 1. The molecule has 0 saturated heterocycles. The summed E-state index contributed by atoms with van der Waals surface area (Å²) in [5.74, 6) is 0. The Morgan fingerprint density at radius 3 is 2.00 bits per heavy atom. The Bertz CT molecular complexity index is 362. The average molecular weight is 237 g/mol. The van der Waals surface area contributed by atoms with Gasteiger partial charge in [0.15, 0.2) is 0 Å². The van der Waals surface area contributed by atoms with Gasteiger partial charge in [-0.3, -0.25) is 0 Å². The summed E-state index contributed by atoms with van der Waals surface area (Å²) in [5.41, 5.74) is 6.01. The van der Waals surface area contributed by atoms with E-state index < -0.39 is 0 Å². The first-order valence-electron chi connectivity index (χ1n) is 6.06. The van der Waals surface area contributed by atoms with Gasteiger partial charge in [-0.25, -0.2) is 0 Å². The van der Waals surface area contributed by atoms with Crippen LogP contribution in [-0.4, -0.2) is 29.5 Å². The van der Waals surface area contributed by atoms with E-state index in [0.717, 1.165) is 5.69 Å². The fraction of sp³-hybridized carbons (Fsp3) is 0.571. The standard InChI is InChI=1S/C14H23NO2/c1-9-7-10(2)12(4)14(11(9)3)15-13(8-17)5-6-16/h7,13,15-17H,5-6,8H2,1-4H3. The smallest absolute Gasteiger partial charge is 0.0633 e. The Morgan fingerprint density at radius 1 is 1.06 bits per heavy atom. The number of aliphatic hydroxyl groups is 2. The normalized spacial score (nSPS) is 12.6. The second kappa shape index (κ2) is 6.03. The largest absolute Gasteiger partial charge is 0.396 e. The van der Waals surface area contributed by atoms with Crippen molar-refractivity contribution in [2.75, 3.05) is 18.5 Å². The van der Waals surface area contributed by atoms with Crippen molar-refractivity contribution in [2.24, 2.45) is 0 Å². The third kappa shape index (κ3) is 3.20. The first kappa shape index (κ1) is 14.0. The van der Waals surface area contributed by atoms with Gasteiger partial charge in [0, 0.05) is 12.3 Å². The van der Waals surface area contributed by atoms with E-state index in [2.05, 4.69) is 39.1 Å². The second-order valence-electron chi connectivity index (χ2n) is 4.67. The highest BCUT2D eigenvalue weighted by Crippen LogP contribution is 2.27. The van der Waals surface area contributed by atoms with Gasteiger partial charge < -0.3 is 15.5 Å². The molecule has 1 rings (SSSR count). The van der Waals surface area contributed by atoms with Crippen LogP contribution >= 0.6 is 0 Å². The maximum absolute atomic E-state index is 9.27. The minimum Gasteiger partial charge on any atom is -0.396 e. The molecule has 96 valence electrons. The van der Waals surface area contributed by atoms with Gasteiger partial charge in [-0.05, 0) is 56.4 Å². The highest BCUT2D eigenvalue weighted by Gasteiger charge is 2.12. The van der Waals surface area contributed by atoms with Crippen molar-refractivity contribution < 1.29 is 10.2 Å². The molecule has 3 heteroatoms. The van der Waals surface area contributed by atoms with Gasteiger partial charge in [0.05, 0.1) is 12.6 Å². The summed E-state index contributed by atoms with van der Waals surface area (Å²) in [6.45, 7) is 8.46. The summed E-state index contributed by atoms with van der Waals surface area (Å²) in [6.07, 6.45) is 0.558. The van der Waals surface area contributed by atoms with Gasteiger partial charge in [0.1, 0.15) is 0 Å². The number of aliphatic hydroxyl groups excluding tert-OH is 2. The highest BCUT2D eigenvalue weighted by atomic mass is 16.3. The van der Waals surface area contributed by atoms with Crippen molar-refractivity contribution in [3.63, 3.8) is 0 Å². The lowest BCUT2D eigenvalue weighted by Gasteiger charge is -2.22. The van der Waals surface area contributed by atoms with Crippen LogP contribution < -0.4 is 5.32 Å². The molecule has 0 bridgehead atoms. The third-order valence-corrected chi connectivity index (χ3v) is 3.41. The number of benzene rings is 1. The van der Waals surface area contributed by atoms with Crippen LogP contribution in [0.4, 0.5) is 5.69 Å². The zero-order valence-electron chi connectivity index (χ0n) is 11.2. The Kier molecular flexibility index (Phi) is 4.97. The number of hydrogen-bond donors (Lipinski definition) is 3. The van der Waals surface area contributed by atoms with Gasteiger partial charge in [-0.15, -0.1) is 0 Å². The van der Waals surface area contributed by atoms with Crippen molar-refractivity contribution in [2.45, 2.75) is 40.2 Å². The van der Waals surface area contributed by atoms with Gasteiger partial charge >= 0.3 is 0 Å². The van der Waals surface area contributed by atoms with E-state index in [1.807, 2.05) is 0 Å². The lowest BCUT2D eigenvalue weighted by atomic mass is 9.98. The molecule has 0 spiro atoms. The average Bonchev–Trinajstić information content (AvgIpc) is 2.30. The molecule has 0 heterocycles. The third-order valence-electron chi connectivity index (χ3n) is 3.41. The second-order valence-corrected chi connectivity index (χ2v) is 4.67. The minimum absolute atomic E-state index is 0.0342. The molecule has 0 aliphatic rings. The summed E-state index contributed by atoms with van der Waals surface area (Å²) in [7, 11) is 0. The lowest BCUT2D eigenvalue weighted by molar-refractivity contribution is 0.229. The fourth-order valence-corrected chi connectivity index (χ4v) is 2.00. The molecule has 1 unspecified atom stereocenters. The Hall–Kier alpha value is -1.06. The van der Waals surface area contributed by atoms with E-state index in [4.69, 9.17) is 5.11 Å². The molecule has 0 aliphatic heterocycles. The molecule has 0 saturated carbocycles. The summed E-state index contributed by atoms with van der Waals surface area (Å²) in [6, 6.07) is 2.09. The first-order valence-corrected chi connectivity index (χ1v) is 6.06. The van der Waals surface area contributed by atoms with Gasteiger partial charge in [0.2, 0.25) is 0 Å². The Balaban J connectivity index is 3.04. The lowest BCUT2D eigenvalue weighted by Crippen LogP contribution is -2.26. The zero-order chi connectivity index (χ0) is 13.0. The summed E-state index contributed by atoms with van der Waals surface area (Å²) in [5, 5.41) is 21.5. The van der Waals surface area contributed by atoms with Crippen LogP contribution in [0, 0.1) is 27.7 Å². The number of anilines is 1. The van der Waals surface area contributed by atoms with Crippen LogP contribution in [0.25, 0.3) is 0 Å². The molecule has 0 aliphatic carbocycles. The van der Waals surface area contributed by atoms with Crippen LogP contribution in [0.5, 0.6) is 0 Å². The Labute approximate surface area is 103 Å². The van der Waals surface area contributed by atoms with E-state index in [0.29, 0.717) is 6.42 Å². The molecule has 3 nitrogen and oxygen atoms in total. The van der Waals surface area contributed by atoms with E-state index in [1.165, 1.54) is 22.3 Å². The van der Waals surface area contributed by atoms with Crippen molar-refractivity contribution in [3.8, 4) is 0 Å². The predicted molar refractivity (Wildman–Crippen MR) is 71.6 cm³/mol. The van der Waals surface area contributed by atoms with E-state index in [1.54, 1.807) is 0 Å². The van der Waals surface area contributed by atoms with Crippen LogP contribution in [0.1, 0.15) is 28.7 Å². The molecule has 1 aromatic carbocycles. The number of rotatable bonds is 5. The monoisotopic (exact) mass is 237 g/mol. The predicted octanol–water partition coefficient (Wildman–Crippen LogP) is 2.08. The highest BCUT2D eigenvalue weighted by molar-refractivity contribution is 5.62. The van der Waals surface area contributed by atoms with Crippen molar-refractivity contribution in [1.82, 2.24) is 0 Å². The zero-order valence-corrected chi connectivity index (χ0v) is 11.2. The van der Waals surface area contributed by atoms with Crippen LogP contribution in [0.2, 0.25) is 0 Å². The first-order chi connectivity index (χ1) is 8.01. The maximum atomic E-state index is 9.27. The van der Waals surface area contributed by atoms with E-state index in [-0.39, 0.29) is 19.3 Å². The molecule has 0 fully saturated rings. The topological polar surface area (TPSA) is 52.5 Å². The molecule has 0 aromatic heterocycles. The van der Waals surface area contributed by atoms with Crippen molar-refractivity contribution in [1.29, 1.82) is 0 Å².